The Bertz CT molecular complexity index is 92.1. The molecule has 1 rings (SSSR count). The zero-order valence-corrected chi connectivity index (χ0v) is 7.14. The van der Waals surface area contributed by atoms with Gasteiger partial charge < -0.3 is 14.8 Å². The Kier molecular flexibility index (Phi) is 4.50. The van der Waals surface area contributed by atoms with E-state index in [9.17, 15) is 0 Å². The maximum Gasteiger partial charge on any atom is 0.169 e. The quantitative estimate of drug-likeness (QED) is 0.614. The molecule has 0 aromatic rings. The van der Waals surface area contributed by atoms with Gasteiger partial charge in [-0.2, -0.15) is 0 Å². The van der Waals surface area contributed by atoms with Crippen molar-refractivity contribution in [1.29, 1.82) is 0 Å². The Balaban J connectivity index is 1.96. The summed E-state index contributed by atoms with van der Waals surface area (Å²) in [6.45, 7) is 5.54. The van der Waals surface area contributed by atoms with E-state index in [4.69, 9.17) is 9.47 Å². The fourth-order valence-corrected chi connectivity index (χ4v) is 1.01. The number of ether oxygens (including phenoxy) is 2. The van der Waals surface area contributed by atoms with Crippen LogP contribution in [0.2, 0.25) is 0 Å². The van der Waals surface area contributed by atoms with Crippen LogP contribution in [0.4, 0.5) is 0 Å². The molecule has 0 bridgehead atoms. The summed E-state index contributed by atoms with van der Waals surface area (Å²) in [4.78, 5) is 0. The third-order valence-corrected chi connectivity index (χ3v) is 1.70. The normalized spacial score (nSPS) is 25.4. The molecule has 1 heterocycles. The van der Waals surface area contributed by atoms with Crippen molar-refractivity contribution < 1.29 is 9.47 Å². The third-order valence-electron chi connectivity index (χ3n) is 1.70. The van der Waals surface area contributed by atoms with E-state index in [0.29, 0.717) is 0 Å². The highest BCUT2D eigenvalue weighted by atomic mass is 16.7. The van der Waals surface area contributed by atoms with Crippen molar-refractivity contribution in [3.05, 3.63) is 0 Å². The number of nitrogens with one attached hydrogen (secondary N) is 1. The number of rotatable bonds is 4. The summed E-state index contributed by atoms with van der Waals surface area (Å²) in [5.41, 5.74) is 0. The minimum atomic E-state index is -0.00435. The van der Waals surface area contributed by atoms with Gasteiger partial charge in [-0.05, 0) is 6.42 Å². The van der Waals surface area contributed by atoms with Crippen LogP contribution in [0.25, 0.3) is 0 Å². The Labute approximate surface area is 68.1 Å². The molecule has 0 aromatic heterocycles. The van der Waals surface area contributed by atoms with E-state index in [2.05, 4.69) is 12.2 Å². The van der Waals surface area contributed by atoms with Gasteiger partial charge in [0, 0.05) is 19.7 Å². The van der Waals surface area contributed by atoms with Gasteiger partial charge in [0.05, 0.1) is 6.61 Å². The zero-order valence-electron chi connectivity index (χ0n) is 7.14. The molecule has 66 valence electrons. The summed E-state index contributed by atoms with van der Waals surface area (Å²) in [6.07, 6.45) is 2.30. The van der Waals surface area contributed by atoms with E-state index < -0.39 is 0 Å². The predicted molar refractivity (Wildman–Crippen MR) is 43.5 cm³/mol. The van der Waals surface area contributed by atoms with E-state index in [-0.39, 0.29) is 6.29 Å². The van der Waals surface area contributed by atoms with Gasteiger partial charge in [0.25, 0.3) is 0 Å². The third kappa shape index (κ3) is 3.70. The van der Waals surface area contributed by atoms with Gasteiger partial charge in [-0.3, -0.25) is 0 Å². The van der Waals surface area contributed by atoms with Crippen molar-refractivity contribution in [3.63, 3.8) is 0 Å². The molecule has 1 fully saturated rings. The first-order chi connectivity index (χ1) is 5.43. The van der Waals surface area contributed by atoms with E-state index in [1.807, 2.05) is 0 Å². The summed E-state index contributed by atoms with van der Waals surface area (Å²) >= 11 is 0. The lowest BCUT2D eigenvalue weighted by molar-refractivity contribution is -0.153. The molecule has 3 nitrogen and oxygen atoms in total. The van der Waals surface area contributed by atoms with Crippen molar-refractivity contribution >= 4 is 0 Å². The van der Waals surface area contributed by atoms with Gasteiger partial charge in [0.15, 0.2) is 6.29 Å². The first-order valence-electron chi connectivity index (χ1n) is 4.37. The first-order valence-corrected chi connectivity index (χ1v) is 4.37. The standard InChI is InChI=1S/C8H17NO2/c1-2-3-5-10-8-7-9-4-6-11-8/h8-9H,2-7H2,1H3. The smallest absolute Gasteiger partial charge is 0.169 e. The molecule has 0 aliphatic carbocycles. The van der Waals surface area contributed by atoms with Crippen molar-refractivity contribution in [2.24, 2.45) is 0 Å². The lowest BCUT2D eigenvalue weighted by Crippen LogP contribution is -2.40. The Morgan fingerprint density at radius 2 is 2.55 bits per heavy atom. The molecule has 1 aliphatic heterocycles. The second kappa shape index (κ2) is 5.52. The van der Waals surface area contributed by atoms with Crippen LogP contribution in [0.5, 0.6) is 0 Å². The number of hydrogen-bond acceptors (Lipinski definition) is 3. The van der Waals surface area contributed by atoms with Gasteiger partial charge in [-0.25, -0.2) is 0 Å². The van der Waals surface area contributed by atoms with Crippen molar-refractivity contribution in [2.45, 2.75) is 26.1 Å². The molecule has 0 spiro atoms. The second-order valence-corrected chi connectivity index (χ2v) is 2.73. The van der Waals surface area contributed by atoms with Crippen molar-refractivity contribution in [3.8, 4) is 0 Å². The van der Waals surface area contributed by atoms with E-state index in [0.717, 1.165) is 32.7 Å². The molecule has 0 saturated carbocycles. The second-order valence-electron chi connectivity index (χ2n) is 2.73. The van der Waals surface area contributed by atoms with E-state index >= 15 is 0 Å². The Morgan fingerprint density at radius 1 is 1.64 bits per heavy atom. The molecule has 0 radical (unpaired) electrons. The molecule has 11 heavy (non-hydrogen) atoms. The average Bonchev–Trinajstić information content (AvgIpc) is 2.07. The van der Waals surface area contributed by atoms with E-state index in [1.165, 1.54) is 6.42 Å². The minimum absolute atomic E-state index is 0.00435. The van der Waals surface area contributed by atoms with Crippen LogP contribution in [0.15, 0.2) is 0 Å². The van der Waals surface area contributed by atoms with Crippen LogP contribution in [0.1, 0.15) is 19.8 Å². The van der Waals surface area contributed by atoms with E-state index in [1.54, 1.807) is 0 Å². The Hall–Kier alpha value is -0.120. The highest BCUT2D eigenvalue weighted by Gasteiger charge is 2.12. The van der Waals surface area contributed by atoms with Crippen LogP contribution >= 0.6 is 0 Å². The molecule has 1 unspecified atom stereocenters. The minimum Gasteiger partial charge on any atom is -0.351 e. The van der Waals surface area contributed by atoms with Gasteiger partial charge in [-0.1, -0.05) is 13.3 Å². The number of hydrogen-bond donors (Lipinski definition) is 1. The van der Waals surface area contributed by atoms with Crippen LogP contribution in [0.3, 0.4) is 0 Å². The highest BCUT2D eigenvalue weighted by molar-refractivity contribution is 4.57. The van der Waals surface area contributed by atoms with Crippen molar-refractivity contribution in [1.82, 2.24) is 5.32 Å². The monoisotopic (exact) mass is 159 g/mol. The van der Waals surface area contributed by atoms with Gasteiger partial charge >= 0.3 is 0 Å². The van der Waals surface area contributed by atoms with Gasteiger partial charge in [-0.15, -0.1) is 0 Å². The molecule has 1 aliphatic rings. The molecule has 1 N–H and O–H groups in total. The maximum absolute atomic E-state index is 5.44. The summed E-state index contributed by atoms with van der Waals surface area (Å²) in [5, 5.41) is 3.21. The number of morpholine rings is 1. The topological polar surface area (TPSA) is 30.5 Å². The largest absolute Gasteiger partial charge is 0.351 e. The predicted octanol–water partition coefficient (Wildman–Crippen LogP) is 0.749. The first kappa shape index (κ1) is 8.97. The lowest BCUT2D eigenvalue weighted by Gasteiger charge is -2.23. The molecular weight excluding hydrogens is 142 g/mol. The summed E-state index contributed by atoms with van der Waals surface area (Å²) in [5.74, 6) is 0. The van der Waals surface area contributed by atoms with Gasteiger partial charge in [0.2, 0.25) is 0 Å². The fraction of sp³-hybridized carbons (Fsp3) is 1.00. The Morgan fingerprint density at radius 3 is 3.18 bits per heavy atom. The molecule has 0 amide bonds. The number of unbranched alkanes of at least 4 members (excludes halogenated alkanes) is 1. The average molecular weight is 159 g/mol. The van der Waals surface area contributed by atoms with Crippen LogP contribution in [0, 0.1) is 0 Å². The van der Waals surface area contributed by atoms with Crippen molar-refractivity contribution in [2.75, 3.05) is 26.3 Å². The lowest BCUT2D eigenvalue weighted by atomic mass is 10.4. The van der Waals surface area contributed by atoms with Crippen LogP contribution < -0.4 is 5.32 Å². The molecule has 1 atom stereocenters. The summed E-state index contributed by atoms with van der Waals surface area (Å²) in [7, 11) is 0. The summed E-state index contributed by atoms with van der Waals surface area (Å²) < 4.78 is 10.8. The van der Waals surface area contributed by atoms with Gasteiger partial charge in [0.1, 0.15) is 0 Å². The fourth-order valence-electron chi connectivity index (χ4n) is 1.01. The van der Waals surface area contributed by atoms with Crippen LogP contribution in [-0.2, 0) is 9.47 Å². The maximum atomic E-state index is 5.44. The zero-order chi connectivity index (χ0) is 7.94. The summed E-state index contributed by atoms with van der Waals surface area (Å²) in [6, 6.07) is 0. The molecule has 1 saturated heterocycles. The van der Waals surface area contributed by atoms with Crippen LogP contribution in [-0.4, -0.2) is 32.6 Å². The molecule has 3 heteroatoms. The molecular formula is C8H17NO2. The SMILES string of the molecule is CCCCOC1CNCCO1. The molecule has 0 aromatic carbocycles. The highest BCUT2D eigenvalue weighted by Crippen LogP contribution is 1.99.